The minimum atomic E-state index is -0.0936. The molecule has 158 valence electrons. The molecule has 6 heteroatoms. The minimum Gasteiger partial charge on any atom is -0.480 e. The van der Waals surface area contributed by atoms with Crippen LogP contribution in [0.5, 0.6) is 5.88 Å². The Balaban J connectivity index is 1.50. The summed E-state index contributed by atoms with van der Waals surface area (Å²) in [6, 6.07) is 11.6. The Kier molecular flexibility index (Phi) is 5.75. The maximum Gasteiger partial charge on any atom is 0.259 e. The molecule has 1 aromatic heterocycles. The Bertz CT molecular complexity index is 944. The number of pyridine rings is 1. The minimum absolute atomic E-state index is 0.0627. The number of aryl methyl sites for hydroxylation is 2. The van der Waals surface area contributed by atoms with Gasteiger partial charge in [-0.2, -0.15) is 0 Å². The van der Waals surface area contributed by atoms with Crippen LogP contribution in [0.3, 0.4) is 0 Å². The van der Waals surface area contributed by atoms with E-state index in [1.807, 2.05) is 60.0 Å². The van der Waals surface area contributed by atoms with Gasteiger partial charge in [0, 0.05) is 30.9 Å². The van der Waals surface area contributed by atoms with Crippen molar-refractivity contribution in [2.75, 3.05) is 20.2 Å². The van der Waals surface area contributed by atoms with Crippen LogP contribution in [-0.4, -0.2) is 58.9 Å². The molecule has 2 aliphatic rings. The summed E-state index contributed by atoms with van der Waals surface area (Å²) >= 11 is 0. The zero-order chi connectivity index (χ0) is 21.3. The Morgan fingerprint density at radius 3 is 2.50 bits per heavy atom. The molecule has 2 atom stereocenters. The summed E-state index contributed by atoms with van der Waals surface area (Å²) in [7, 11) is 1.56. The lowest BCUT2D eigenvalue weighted by atomic mass is 10.0. The Morgan fingerprint density at radius 1 is 1.07 bits per heavy atom. The number of nitrogens with zero attached hydrogens (tertiary/aromatic N) is 3. The fraction of sp³-hybridized carbons (Fsp3) is 0.458. The molecule has 30 heavy (non-hydrogen) atoms. The van der Waals surface area contributed by atoms with Gasteiger partial charge in [0.2, 0.25) is 11.8 Å². The van der Waals surface area contributed by atoms with Crippen molar-refractivity contribution >= 4 is 11.8 Å². The molecule has 0 saturated carbocycles. The van der Waals surface area contributed by atoms with Crippen molar-refractivity contribution in [3.63, 3.8) is 0 Å². The largest absolute Gasteiger partial charge is 0.480 e. The number of carbonyl (C=O) groups excluding carboxylic acids is 2. The second kappa shape index (κ2) is 8.46. The van der Waals surface area contributed by atoms with Gasteiger partial charge in [-0.05, 0) is 50.3 Å². The number of aromatic nitrogens is 1. The molecule has 0 N–H and O–H groups in total. The van der Waals surface area contributed by atoms with Crippen LogP contribution in [0, 0.1) is 0 Å². The molecule has 6 nitrogen and oxygen atoms in total. The number of hydrogen-bond donors (Lipinski definition) is 0. The van der Waals surface area contributed by atoms with E-state index < -0.39 is 0 Å². The molecule has 1 fully saturated rings. The van der Waals surface area contributed by atoms with Crippen molar-refractivity contribution in [3.05, 3.63) is 58.8 Å². The van der Waals surface area contributed by atoms with Crippen LogP contribution in [0.2, 0.25) is 0 Å². The number of benzene rings is 1. The quantitative estimate of drug-likeness (QED) is 0.782. The van der Waals surface area contributed by atoms with Crippen LogP contribution in [-0.2, 0) is 24.1 Å². The van der Waals surface area contributed by atoms with Gasteiger partial charge in [0.1, 0.15) is 5.56 Å². The monoisotopic (exact) mass is 407 g/mol. The predicted molar refractivity (Wildman–Crippen MR) is 115 cm³/mol. The lowest BCUT2D eigenvalue weighted by Crippen LogP contribution is -2.60. The van der Waals surface area contributed by atoms with Crippen LogP contribution in [0.4, 0.5) is 0 Å². The third kappa shape index (κ3) is 3.78. The van der Waals surface area contributed by atoms with Crippen molar-refractivity contribution < 1.29 is 14.3 Å². The molecular weight excluding hydrogens is 378 g/mol. The van der Waals surface area contributed by atoms with Crippen molar-refractivity contribution in [1.29, 1.82) is 0 Å². The van der Waals surface area contributed by atoms with Gasteiger partial charge in [-0.1, -0.05) is 30.3 Å². The van der Waals surface area contributed by atoms with E-state index in [9.17, 15) is 9.59 Å². The van der Waals surface area contributed by atoms with Crippen LogP contribution in [0.25, 0.3) is 0 Å². The fourth-order valence-corrected chi connectivity index (χ4v) is 4.57. The molecule has 0 unspecified atom stereocenters. The van der Waals surface area contributed by atoms with Crippen LogP contribution in [0.1, 0.15) is 47.4 Å². The van der Waals surface area contributed by atoms with Crippen molar-refractivity contribution in [3.8, 4) is 5.88 Å². The second-order valence-electron chi connectivity index (χ2n) is 8.23. The van der Waals surface area contributed by atoms with Gasteiger partial charge in [0.25, 0.3) is 5.91 Å². The van der Waals surface area contributed by atoms with Gasteiger partial charge in [-0.3, -0.25) is 9.59 Å². The summed E-state index contributed by atoms with van der Waals surface area (Å²) in [6.45, 7) is 5.07. The van der Waals surface area contributed by atoms with E-state index in [2.05, 4.69) is 4.98 Å². The molecule has 2 aromatic rings. The number of hydrogen-bond acceptors (Lipinski definition) is 4. The second-order valence-corrected chi connectivity index (χ2v) is 8.23. The summed E-state index contributed by atoms with van der Waals surface area (Å²) in [4.78, 5) is 34.6. The van der Waals surface area contributed by atoms with E-state index >= 15 is 0 Å². The lowest BCUT2D eigenvalue weighted by molar-refractivity contribution is -0.136. The number of fused-ring (bicyclic) bond motifs is 1. The van der Waals surface area contributed by atoms with Crippen molar-refractivity contribution in [1.82, 2.24) is 14.8 Å². The highest BCUT2D eigenvalue weighted by Gasteiger charge is 2.37. The first-order chi connectivity index (χ1) is 14.5. The molecule has 0 bridgehead atoms. The third-order valence-corrected chi connectivity index (χ3v) is 6.48. The molecule has 0 radical (unpaired) electrons. The third-order valence-electron chi connectivity index (χ3n) is 6.48. The summed E-state index contributed by atoms with van der Waals surface area (Å²) in [5.41, 5.74) is 3.73. The van der Waals surface area contributed by atoms with Gasteiger partial charge >= 0.3 is 0 Å². The Hall–Kier alpha value is -2.89. The normalized spacial score (nSPS) is 20.8. The van der Waals surface area contributed by atoms with Gasteiger partial charge in [0.15, 0.2) is 0 Å². The van der Waals surface area contributed by atoms with Gasteiger partial charge in [0.05, 0.1) is 13.5 Å². The number of ether oxygens (including phenoxy) is 1. The molecule has 4 rings (SSSR count). The molecule has 1 aliphatic heterocycles. The smallest absolute Gasteiger partial charge is 0.259 e. The van der Waals surface area contributed by atoms with E-state index in [0.717, 1.165) is 36.1 Å². The lowest BCUT2D eigenvalue weighted by Gasteiger charge is -2.45. The highest BCUT2D eigenvalue weighted by molar-refractivity contribution is 5.97. The molecule has 1 aromatic carbocycles. The zero-order valence-corrected chi connectivity index (χ0v) is 17.9. The summed E-state index contributed by atoms with van der Waals surface area (Å²) in [5.74, 6) is 0.441. The Morgan fingerprint density at radius 2 is 1.77 bits per heavy atom. The average Bonchev–Trinajstić information content (AvgIpc) is 3.22. The highest BCUT2D eigenvalue weighted by Crippen LogP contribution is 2.29. The molecule has 0 spiro atoms. The average molecular weight is 408 g/mol. The topological polar surface area (TPSA) is 62.7 Å². The van der Waals surface area contributed by atoms with Crippen LogP contribution < -0.4 is 4.74 Å². The van der Waals surface area contributed by atoms with E-state index in [1.54, 1.807) is 7.11 Å². The van der Waals surface area contributed by atoms with E-state index in [4.69, 9.17) is 4.74 Å². The number of rotatable bonds is 4. The Labute approximate surface area is 177 Å². The molecule has 1 saturated heterocycles. The first kappa shape index (κ1) is 20.4. The van der Waals surface area contributed by atoms with E-state index in [0.29, 0.717) is 31.0 Å². The van der Waals surface area contributed by atoms with Crippen molar-refractivity contribution in [2.45, 2.75) is 51.6 Å². The van der Waals surface area contributed by atoms with Gasteiger partial charge in [-0.25, -0.2) is 4.98 Å². The maximum absolute atomic E-state index is 13.4. The predicted octanol–water partition coefficient (Wildman–Crippen LogP) is 2.88. The number of methoxy groups -OCH3 is 1. The zero-order valence-electron chi connectivity index (χ0n) is 17.9. The fourth-order valence-electron chi connectivity index (χ4n) is 4.57. The first-order valence-electron chi connectivity index (χ1n) is 10.7. The summed E-state index contributed by atoms with van der Waals surface area (Å²) in [5, 5.41) is 0. The van der Waals surface area contributed by atoms with Crippen LogP contribution >= 0.6 is 0 Å². The van der Waals surface area contributed by atoms with Crippen LogP contribution in [0.15, 0.2) is 36.4 Å². The standard InChI is InChI=1S/C24H29N3O3/c1-16-17(2)27(13-12-26(16)22(28)14-18-8-5-4-6-9-18)24(29)20-15-19-10-7-11-21(19)25-23(20)30-3/h4-6,8-9,15-17H,7,10-14H2,1-3H3/t16-,17+/m1/s1. The summed E-state index contributed by atoms with van der Waals surface area (Å²) < 4.78 is 5.45. The highest BCUT2D eigenvalue weighted by atomic mass is 16.5. The number of piperazine rings is 1. The van der Waals surface area contributed by atoms with E-state index in [1.165, 1.54) is 0 Å². The molecule has 1 aliphatic carbocycles. The molecule has 2 amide bonds. The summed E-state index contributed by atoms with van der Waals surface area (Å²) in [6.07, 6.45) is 3.35. The first-order valence-corrected chi connectivity index (χ1v) is 10.7. The number of amides is 2. The number of carbonyl (C=O) groups is 2. The van der Waals surface area contributed by atoms with E-state index in [-0.39, 0.29) is 23.9 Å². The van der Waals surface area contributed by atoms with Crippen molar-refractivity contribution in [2.24, 2.45) is 0 Å². The molecular formula is C24H29N3O3. The van der Waals surface area contributed by atoms with Gasteiger partial charge in [-0.15, -0.1) is 0 Å². The molecule has 2 heterocycles. The SMILES string of the molecule is COc1nc2c(cc1C(=O)N1CCN(C(=O)Cc3ccccc3)[C@H](C)[C@@H]1C)CCC2. The van der Waals surface area contributed by atoms with Gasteiger partial charge < -0.3 is 14.5 Å². The maximum atomic E-state index is 13.4.